The molecule has 182 valence electrons. The Morgan fingerprint density at radius 1 is 0.722 bits per heavy atom. The topological polar surface area (TPSA) is 82.1 Å². The summed E-state index contributed by atoms with van der Waals surface area (Å²) in [6.45, 7) is 3.61. The van der Waals surface area contributed by atoms with Crippen molar-refractivity contribution in [3.63, 3.8) is 0 Å². The Kier molecular flexibility index (Phi) is 7.01. The number of aryl methyl sites for hydroxylation is 2. The van der Waals surface area contributed by atoms with Crippen LogP contribution in [-0.4, -0.2) is 24.2 Å². The molecule has 4 rings (SSSR count). The molecular weight excluding hydrogens is 463 g/mol. The number of hydrogen-bond acceptors (Lipinski definition) is 6. The molecular formula is C29H23FO6. The lowest BCUT2D eigenvalue weighted by Crippen LogP contribution is -2.10. The predicted molar refractivity (Wildman–Crippen MR) is 132 cm³/mol. The Bertz CT molecular complexity index is 1400. The van der Waals surface area contributed by atoms with Crippen LogP contribution in [0.4, 0.5) is 4.39 Å². The quantitative estimate of drug-likeness (QED) is 0.256. The van der Waals surface area contributed by atoms with Gasteiger partial charge in [0.2, 0.25) is 0 Å². The number of methoxy groups -OCH3 is 1. The fraction of sp³-hybridized carbons (Fsp3) is 0.103. The Labute approximate surface area is 207 Å². The van der Waals surface area contributed by atoms with E-state index in [1.807, 2.05) is 0 Å². The zero-order valence-corrected chi connectivity index (χ0v) is 19.9. The number of phenolic OH excluding ortho intramolecular Hbond substituents is 1. The summed E-state index contributed by atoms with van der Waals surface area (Å²) in [5.74, 6) is -1.08. The van der Waals surface area contributed by atoms with Gasteiger partial charge in [0.15, 0.2) is 11.6 Å². The second kappa shape index (κ2) is 10.3. The normalized spacial score (nSPS) is 10.6. The second-order valence-electron chi connectivity index (χ2n) is 8.14. The molecule has 0 unspecified atom stereocenters. The smallest absolute Gasteiger partial charge is 0.343 e. The number of aromatic hydroxyl groups is 1. The number of esters is 2. The van der Waals surface area contributed by atoms with Gasteiger partial charge in [0, 0.05) is 0 Å². The highest BCUT2D eigenvalue weighted by Crippen LogP contribution is 2.33. The van der Waals surface area contributed by atoms with Crippen molar-refractivity contribution in [3.8, 4) is 34.1 Å². The van der Waals surface area contributed by atoms with Gasteiger partial charge in [0.05, 0.1) is 18.2 Å². The van der Waals surface area contributed by atoms with Crippen LogP contribution < -0.4 is 14.2 Å². The van der Waals surface area contributed by atoms with Crippen molar-refractivity contribution in [2.24, 2.45) is 0 Å². The van der Waals surface area contributed by atoms with E-state index in [1.54, 1.807) is 63.4 Å². The Balaban J connectivity index is 1.52. The minimum atomic E-state index is -0.739. The zero-order valence-electron chi connectivity index (χ0n) is 19.9. The summed E-state index contributed by atoms with van der Waals surface area (Å²) in [5, 5.41) is 9.34. The van der Waals surface area contributed by atoms with E-state index in [1.165, 1.54) is 36.4 Å². The van der Waals surface area contributed by atoms with Gasteiger partial charge in [0.1, 0.15) is 17.2 Å². The molecule has 0 amide bonds. The zero-order chi connectivity index (χ0) is 25.8. The van der Waals surface area contributed by atoms with Crippen molar-refractivity contribution in [2.45, 2.75) is 13.8 Å². The Morgan fingerprint density at radius 3 is 1.83 bits per heavy atom. The summed E-state index contributed by atoms with van der Waals surface area (Å²) in [4.78, 5) is 24.9. The highest BCUT2D eigenvalue weighted by molar-refractivity contribution is 5.92. The molecule has 1 N–H and O–H groups in total. The number of rotatable bonds is 6. The first kappa shape index (κ1) is 24.5. The largest absolute Gasteiger partial charge is 0.508 e. The van der Waals surface area contributed by atoms with E-state index >= 15 is 0 Å². The van der Waals surface area contributed by atoms with Gasteiger partial charge >= 0.3 is 11.9 Å². The third-order valence-electron chi connectivity index (χ3n) is 5.55. The number of phenols is 1. The molecule has 0 saturated carbocycles. The molecule has 0 atom stereocenters. The van der Waals surface area contributed by atoms with Gasteiger partial charge in [-0.3, -0.25) is 0 Å². The molecule has 0 heterocycles. The second-order valence-corrected chi connectivity index (χ2v) is 8.14. The summed E-state index contributed by atoms with van der Waals surface area (Å²) in [5.41, 5.74) is 3.26. The fourth-order valence-electron chi connectivity index (χ4n) is 3.68. The molecule has 0 spiro atoms. The van der Waals surface area contributed by atoms with E-state index in [9.17, 15) is 19.1 Å². The summed E-state index contributed by atoms with van der Waals surface area (Å²) in [6, 6.07) is 20.0. The number of ether oxygens (including phenoxy) is 3. The van der Waals surface area contributed by atoms with Crippen LogP contribution in [0, 0.1) is 19.7 Å². The summed E-state index contributed by atoms with van der Waals surface area (Å²) in [6.07, 6.45) is 0. The number of carbonyl (C=O) groups is 2. The van der Waals surface area contributed by atoms with Crippen molar-refractivity contribution in [1.29, 1.82) is 0 Å². The van der Waals surface area contributed by atoms with Crippen molar-refractivity contribution in [2.75, 3.05) is 7.11 Å². The number of carbonyl (C=O) groups excluding carboxylic acids is 2. The van der Waals surface area contributed by atoms with E-state index in [0.717, 1.165) is 0 Å². The lowest BCUT2D eigenvalue weighted by Gasteiger charge is -2.14. The molecule has 6 nitrogen and oxygen atoms in total. The van der Waals surface area contributed by atoms with Gasteiger partial charge in [-0.1, -0.05) is 6.07 Å². The minimum absolute atomic E-state index is 0.00851. The van der Waals surface area contributed by atoms with Crippen LogP contribution in [0.25, 0.3) is 11.1 Å². The molecule has 0 radical (unpaired) electrons. The molecule has 0 fully saturated rings. The van der Waals surface area contributed by atoms with Crippen molar-refractivity contribution >= 4 is 11.9 Å². The highest BCUT2D eigenvalue weighted by atomic mass is 19.1. The molecule has 36 heavy (non-hydrogen) atoms. The summed E-state index contributed by atoms with van der Waals surface area (Å²) in [7, 11) is 1.55. The molecule has 0 bridgehead atoms. The predicted octanol–water partition coefficient (Wildman–Crippen LogP) is 6.26. The maximum Gasteiger partial charge on any atom is 0.343 e. The molecule has 0 saturated heterocycles. The molecule has 0 aliphatic rings. The van der Waals surface area contributed by atoms with E-state index < -0.39 is 17.8 Å². The maximum absolute atomic E-state index is 14.8. The van der Waals surface area contributed by atoms with Crippen molar-refractivity contribution in [3.05, 3.63) is 107 Å². The average molecular weight is 486 g/mol. The molecule has 4 aromatic rings. The Morgan fingerprint density at radius 2 is 1.28 bits per heavy atom. The van der Waals surface area contributed by atoms with Gasteiger partial charge in [-0.2, -0.15) is 0 Å². The van der Waals surface area contributed by atoms with E-state index in [2.05, 4.69) is 0 Å². The van der Waals surface area contributed by atoms with Crippen LogP contribution >= 0.6 is 0 Å². The molecule has 7 heteroatoms. The highest BCUT2D eigenvalue weighted by Gasteiger charge is 2.16. The number of halogens is 1. The lowest BCUT2D eigenvalue weighted by molar-refractivity contribution is 0.0720. The van der Waals surface area contributed by atoms with Gasteiger partial charge < -0.3 is 19.3 Å². The first-order chi connectivity index (χ1) is 17.2. The van der Waals surface area contributed by atoms with Gasteiger partial charge in [0.25, 0.3) is 0 Å². The van der Waals surface area contributed by atoms with Crippen LogP contribution in [0.3, 0.4) is 0 Å². The van der Waals surface area contributed by atoms with Crippen LogP contribution in [0.5, 0.6) is 23.0 Å². The van der Waals surface area contributed by atoms with E-state index in [4.69, 9.17) is 14.2 Å². The molecule has 4 aromatic carbocycles. The molecule has 0 aromatic heterocycles. The van der Waals surface area contributed by atoms with Crippen LogP contribution in [0.2, 0.25) is 0 Å². The van der Waals surface area contributed by atoms with E-state index in [-0.39, 0.29) is 17.1 Å². The number of hydrogen-bond donors (Lipinski definition) is 1. The monoisotopic (exact) mass is 486 g/mol. The van der Waals surface area contributed by atoms with Gasteiger partial charge in [-0.25, -0.2) is 14.0 Å². The average Bonchev–Trinajstić information content (AvgIpc) is 2.87. The third kappa shape index (κ3) is 5.36. The van der Waals surface area contributed by atoms with Crippen LogP contribution in [-0.2, 0) is 0 Å². The van der Waals surface area contributed by atoms with Gasteiger partial charge in [-0.15, -0.1) is 0 Å². The fourth-order valence-corrected chi connectivity index (χ4v) is 3.68. The number of benzene rings is 4. The summed E-state index contributed by atoms with van der Waals surface area (Å²) < 4.78 is 30.7. The maximum atomic E-state index is 14.8. The van der Waals surface area contributed by atoms with Gasteiger partial charge in [-0.05, 0) is 109 Å². The first-order valence-electron chi connectivity index (χ1n) is 11.0. The van der Waals surface area contributed by atoms with Crippen molar-refractivity contribution in [1.82, 2.24) is 0 Å². The molecule has 0 aliphatic heterocycles. The first-order valence-corrected chi connectivity index (χ1v) is 11.0. The molecule has 0 aliphatic carbocycles. The third-order valence-corrected chi connectivity index (χ3v) is 5.55. The lowest BCUT2D eigenvalue weighted by atomic mass is 9.99. The van der Waals surface area contributed by atoms with Crippen molar-refractivity contribution < 1.29 is 33.3 Å². The Hall–Kier alpha value is -4.65. The van der Waals surface area contributed by atoms with E-state index in [0.29, 0.717) is 39.3 Å². The minimum Gasteiger partial charge on any atom is -0.508 e. The summed E-state index contributed by atoms with van der Waals surface area (Å²) >= 11 is 0. The van der Waals surface area contributed by atoms with Crippen LogP contribution in [0.1, 0.15) is 31.8 Å². The standard InChI is InChI=1S/C29H23FO6/c1-17-14-22(15-18(2)27(17)36-29(33)20-6-11-24(34-3)12-7-20)21-8-13-26(25(30)16-21)35-28(32)19-4-9-23(31)10-5-19/h4-16,31H,1-3H3. The van der Waals surface area contributed by atoms with Crippen LogP contribution in [0.15, 0.2) is 78.9 Å². The SMILES string of the molecule is COc1ccc(C(=O)Oc2c(C)cc(-c3ccc(OC(=O)c4ccc(O)cc4)c(F)c3)cc2C)cc1.